The second-order valence-corrected chi connectivity index (χ2v) is 2.56. The maximum Gasteiger partial charge on any atom is 0.155 e. The maximum absolute atomic E-state index is 11.0. The van der Waals surface area contributed by atoms with Crippen molar-refractivity contribution in [1.82, 2.24) is 0 Å². The van der Waals surface area contributed by atoms with Crippen LogP contribution in [0, 0.1) is 6.42 Å². The third-order valence-corrected chi connectivity index (χ3v) is 1.39. The molecule has 0 aromatic heterocycles. The van der Waals surface area contributed by atoms with Crippen molar-refractivity contribution in [3.05, 3.63) is 18.6 Å². The van der Waals surface area contributed by atoms with E-state index >= 15 is 0 Å². The molecule has 0 aromatic rings. The fraction of sp³-hybridized carbons (Fsp3) is 0.600. The summed E-state index contributed by atoms with van der Waals surface area (Å²) in [6.07, 6.45) is 9.34. The van der Waals surface area contributed by atoms with Crippen molar-refractivity contribution in [1.29, 1.82) is 0 Å². The van der Waals surface area contributed by atoms with E-state index in [1.165, 1.54) is 0 Å². The number of ketones is 1. The van der Waals surface area contributed by atoms with Crippen LogP contribution >= 0.6 is 0 Å². The van der Waals surface area contributed by atoms with Crippen molar-refractivity contribution in [3.8, 4) is 0 Å². The quantitative estimate of drug-likeness (QED) is 0.536. The predicted octanol–water partition coefficient (Wildman–Crippen LogP) is 2.92. The first kappa shape index (κ1) is 10.4. The molecule has 0 spiro atoms. The summed E-state index contributed by atoms with van der Waals surface area (Å²) in [6, 6.07) is 0. The first-order valence-electron chi connectivity index (χ1n) is 4.32. The van der Waals surface area contributed by atoms with Gasteiger partial charge in [0.15, 0.2) is 5.78 Å². The largest absolute Gasteiger partial charge is 0.295 e. The topological polar surface area (TPSA) is 17.1 Å². The molecule has 0 amide bonds. The fourth-order valence-corrected chi connectivity index (χ4v) is 0.736. The molecule has 0 bridgehead atoms. The summed E-state index contributed by atoms with van der Waals surface area (Å²) >= 11 is 0. The Bertz CT molecular complexity index is 125. The molecule has 0 aromatic carbocycles. The minimum absolute atomic E-state index is 0.223. The molecule has 0 saturated heterocycles. The Hall–Kier alpha value is -0.590. The van der Waals surface area contributed by atoms with Crippen LogP contribution in [-0.2, 0) is 4.79 Å². The second kappa shape index (κ2) is 7.52. The third-order valence-electron chi connectivity index (χ3n) is 1.39. The highest BCUT2D eigenvalue weighted by molar-refractivity contribution is 5.90. The molecule has 0 atom stereocenters. The zero-order valence-corrected chi connectivity index (χ0v) is 7.47. The van der Waals surface area contributed by atoms with Gasteiger partial charge in [-0.2, -0.15) is 0 Å². The highest BCUT2D eigenvalue weighted by Crippen LogP contribution is 1.96. The normalized spacial score (nSPS) is 10.7. The summed E-state index contributed by atoms with van der Waals surface area (Å²) in [6.45, 7) is 4.15. The Morgan fingerprint density at radius 1 is 1.36 bits per heavy atom. The van der Waals surface area contributed by atoms with Gasteiger partial charge >= 0.3 is 0 Å². The van der Waals surface area contributed by atoms with Gasteiger partial charge in [0.2, 0.25) is 0 Å². The van der Waals surface area contributed by atoms with Crippen LogP contribution in [0.3, 0.4) is 0 Å². The van der Waals surface area contributed by atoms with Crippen LogP contribution in [0.1, 0.15) is 39.5 Å². The lowest BCUT2D eigenvalue weighted by Gasteiger charge is -1.90. The molecule has 0 aliphatic heterocycles. The molecule has 63 valence electrons. The summed E-state index contributed by atoms with van der Waals surface area (Å²) in [7, 11) is 0. The molecule has 0 aliphatic rings. The molecule has 0 N–H and O–H groups in total. The first-order valence-corrected chi connectivity index (χ1v) is 4.32. The standard InChI is InChI=1S/C10H17O/c1-3-5-7-9-10(11)8-6-4-2/h6-7,9H,3-5,8H2,1-2H3. The van der Waals surface area contributed by atoms with Crippen molar-refractivity contribution >= 4 is 5.78 Å². The number of rotatable bonds is 6. The second-order valence-electron chi connectivity index (χ2n) is 2.56. The highest BCUT2D eigenvalue weighted by atomic mass is 16.1. The molecule has 1 nitrogen and oxygen atoms in total. The van der Waals surface area contributed by atoms with E-state index in [0.29, 0.717) is 6.42 Å². The SMILES string of the molecule is CC[CH]CC(=O)C=CCCC. The number of carbonyl (C=O) groups is 1. The van der Waals surface area contributed by atoms with Crippen molar-refractivity contribution in [2.75, 3.05) is 0 Å². The smallest absolute Gasteiger partial charge is 0.155 e. The molecule has 0 fully saturated rings. The molecule has 1 heteroatoms. The molecule has 1 radical (unpaired) electrons. The van der Waals surface area contributed by atoms with Gasteiger partial charge in [-0.3, -0.25) is 4.79 Å². The number of allylic oxidation sites excluding steroid dienone is 2. The molecule has 0 aliphatic carbocycles. The van der Waals surface area contributed by atoms with Gasteiger partial charge in [0, 0.05) is 6.42 Å². The summed E-state index contributed by atoms with van der Waals surface area (Å²) < 4.78 is 0. The third kappa shape index (κ3) is 7.31. The number of hydrogen-bond acceptors (Lipinski definition) is 1. The van der Waals surface area contributed by atoms with E-state index in [1.807, 2.05) is 19.4 Å². The van der Waals surface area contributed by atoms with Gasteiger partial charge in [0.25, 0.3) is 0 Å². The highest BCUT2D eigenvalue weighted by Gasteiger charge is 1.93. The van der Waals surface area contributed by atoms with E-state index in [1.54, 1.807) is 6.08 Å². The number of hydrogen-bond donors (Lipinski definition) is 0. The van der Waals surface area contributed by atoms with E-state index in [2.05, 4.69) is 6.92 Å². The molecular formula is C10H17O. The van der Waals surface area contributed by atoms with Gasteiger partial charge in [-0.05, 0) is 18.9 Å². The first-order chi connectivity index (χ1) is 5.31. The van der Waals surface area contributed by atoms with E-state index in [-0.39, 0.29) is 5.78 Å². The van der Waals surface area contributed by atoms with Crippen molar-refractivity contribution < 1.29 is 4.79 Å². The Kier molecular flexibility index (Phi) is 7.11. The Morgan fingerprint density at radius 2 is 2.09 bits per heavy atom. The minimum Gasteiger partial charge on any atom is -0.295 e. The van der Waals surface area contributed by atoms with E-state index in [9.17, 15) is 4.79 Å². The monoisotopic (exact) mass is 153 g/mol. The van der Waals surface area contributed by atoms with Crippen LogP contribution in [0.5, 0.6) is 0 Å². The van der Waals surface area contributed by atoms with Crippen LogP contribution < -0.4 is 0 Å². The molecule has 0 saturated carbocycles. The predicted molar refractivity (Wildman–Crippen MR) is 48.3 cm³/mol. The van der Waals surface area contributed by atoms with E-state index in [4.69, 9.17) is 0 Å². The fourth-order valence-electron chi connectivity index (χ4n) is 0.736. The number of unbranched alkanes of at least 4 members (excludes halogenated alkanes) is 2. The van der Waals surface area contributed by atoms with Crippen molar-refractivity contribution in [2.24, 2.45) is 0 Å². The van der Waals surface area contributed by atoms with E-state index in [0.717, 1.165) is 19.3 Å². The van der Waals surface area contributed by atoms with Gasteiger partial charge in [-0.1, -0.05) is 32.8 Å². The van der Waals surface area contributed by atoms with Crippen LogP contribution in [0.25, 0.3) is 0 Å². The van der Waals surface area contributed by atoms with Crippen LogP contribution in [0.4, 0.5) is 0 Å². The van der Waals surface area contributed by atoms with Gasteiger partial charge in [0.1, 0.15) is 0 Å². The summed E-state index contributed by atoms with van der Waals surface area (Å²) in [5.74, 6) is 0.223. The van der Waals surface area contributed by atoms with Crippen LogP contribution in [0.2, 0.25) is 0 Å². The molecule has 0 unspecified atom stereocenters. The van der Waals surface area contributed by atoms with Gasteiger partial charge < -0.3 is 0 Å². The van der Waals surface area contributed by atoms with Gasteiger partial charge in [-0.15, -0.1) is 0 Å². The average Bonchev–Trinajstić information content (AvgIpc) is 2.01. The van der Waals surface area contributed by atoms with E-state index < -0.39 is 0 Å². The lowest BCUT2D eigenvalue weighted by Crippen LogP contribution is -1.91. The molecule has 11 heavy (non-hydrogen) atoms. The van der Waals surface area contributed by atoms with Gasteiger partial charge in [0.05, 0.1) is 0 Å². The molecule has 0 heterocycles. The lowest BCUT2D eigenvalue weighted by atomic mass is 10.1. The Morgan fingerprint density at radius 3 is 2.64 bits per heavy atom. The van der Waals surface area contributed by atoms with Crippen molar-refractivity contribution in [3.63, 3.8) is 0 Å². The summed E-state index contributed by atoms with van der Waals surface area (Å²) in [4.78, 5) is 11.0. The minimum atomic E-state index is 0.223. The Labute approximate surface area is 69.5 Å². The summed E-state index contributed by atoms with van der Waals surface area (Å²) in [5, 5.41) is 0. The average molecular weight is 153 g/mol. The molecule has 0 rings (SSSR count). The summed E-state index contributed by atoms with van der Waals surface area (Å²) in [5.41, 5.74) is 0. The zero-order valence-electron chi connectivity index (χ0n) is 7.47. The Balaban J connectivity index is 3.35. The lowest BCUT2D eigenvalue weighted by molar-refractivity contribution is -0.114. The molecular weight excluding hydrogens is 136 g/mol. The van der Waals surface area contributed by atoms with Crippen molar-refractivity contribution in [2.45, 2.75) is 39.5 Å². The number of carbonyl (C=O) groups excluding carboxylic acids is 1. The zero-order chi connectivity index (χ0) is 8.53. The van der Waals surface area contributed by atoms with Crippen LogP contribution in [-0.4, -0.2) is 5.78 Å². The van der Waals surface area contributed by atoms with Crippen LogP contribution in [0.15, 0.2) is 12.2 Å². The van der Waals surface area contributed by atoms with Gasteiger partial charge in [-0.25, -0.2) is 0 Å². The maximum atomic E-state index is 11.0.